The Labute approximate surface area is 143 Å². The molecule has 0 saturated carbocycles. The van der Waals surface area contributed by atoms with Crippen molar-refractivity contribution in [2.45, 2.75) is 23.3 Å². The molecule has 0 aliphatic carbocycles. The van der Waals surface area contributed by atoms with E-state index >= 15 is 0 Å². The third kappa shape index (κ3) is 5.89. The Morgan fingerprint density at radius 2 is 1.75 bits per heavy atom. The molecule has 0 N–H and O–H groups in total. The van der Waals surface area contributed by atoms with E-state index in [1.165, 1.54) is 27.8 Å². The van der Waals surface area contributed by atoms with Crippen LogP contribution in [0.25, 0.3) is 0 Å². The van der Waals surface area contributed by atoms with E-state index in [1.54, 1.807) is 30.5 Å². The minimum Gasteiger partial charge on any atom is -0.309 e. The quantitative estimate of drug-likeness (QED) is 0.369. The maximum Gasteiger partial charge on any atom is 0.294 e. The minimum absolute atomic E-state index is 0.166. The highest BCUT2D eigenvalue weighted by Gasteiger charge is 2.08. The summed E-state index contributed by atoms with van der Waals surface area (Å²) in [7, 11) is 2.57. The van der Waals surface area contributed by atoms with E-state index in [0.717, 1.165) is 0 Å². The first kappa shape index (κ1) is 17.7. The van der Waals surface area contributed by atoms with Gasteiger partial charge in [-0.15, -0.1) is 20.2 Å². The van der Waals surface area contributed by atoms with E-state index in [4.69, 9.17) is 0 Å². The molecule has 24 heavy (non-hydrogen) atoms. The molecule has 2 rings (SSSR count). The molecule has 0 fully saturated rings. The number of pyridine rings is 2. The Morgan fingerprint density at radius 3 is 2.42 bits per heavy atom. The molecule has 2 aromatic rings. The predicted octanol–water partition coefficient (Wildman–Crippen LogP) is 2.69. The highest BCUT2D eigenvalue weighted by Crippen LogP contribution is 2.36. The first-order valence-corrected chi connectivity index (χ1v) is 8.47. The number of aromatic nitrogens is 2. The van der Waals surface area contributed by atoms with Crippen molar-refractivity contribution in [3.05, 3.63) is 68.0 Å². The average Bonchev–Trinajstić information content (AvgIpc) is 2.57. The summed E-state index contributed by atoms with van der Waals surface area (Å²) in [4.78, 5) is 37.3. The number of hydrogen-bond donors (Lipinski definition) is 0. The molecule has 0 aromatic carbocycles. The van der Waals surface area contributed by atoms with E-state index in [0.29, 0.717) is 21.2 Å². The van der Waals surface area contributed by atoms with Gasteiger partial charge in [-0.3, -0.25) is 0 Å². The van der Waals surface area contributed by atoms with Gasteiger partial charge in [-0.05, 0) is 39.3 Å². The van der Waals surface area contributed by atoms with Crippen LogP contribution in [0.4, 0.5) is 0 Å². The summed E-state index contributed by atoms with van der Waals surface area (Å²) in [5.74, 6) is 0. The molecule has 0 atom stereocenters. The predicted molar refractivity (Wildman–Crippen MR) is 83.8 cm³/mol. The second-order valence-electron chi connectivity index (χ2n) is 4.13. The second kappa shape index (κ2) is 8.88. The van der Waals surface area contributed by atoms with Crippen molar-refractivity contribution >= 4 is 21.6 Å². The van der Waals surface area contributed by atoms with Crippen LogP contribution in [-0.2, 0) is 22.9 Å². The molecular formula is C12H10N4O6S2. The molecule has 0 saturated heterocycles. The highest BCUT2D eigenvalue weighted by molar-refractivity contribution is 8.76. The van der Waals surface area contributed by atoms with Crippen molar-refractivity contribution in [3.8, 4) is 0 Å². The zero-order valence-electron chi connectivity index (χ0n) is 11.9. The van der Waals surface area contributed by atoms with E-state index in [2.05, 4.69) is 19.6 Å². The molecule has 2 aromatic heterocycles. The molecule has 2 heterocycles. The van der Waals surface area contributed by atoms with Gasteiger partial charge < -0.3 is 9.68 Å². The van der Waals surface area contributed by atoms with E-state index < -0.39 is 10.2 Å². The lowest BCUT2D eigenvalue weighted by atomic mass is 10.3. The molecule has 10 nitrogen and oxygen atoms in total. The van der Waals surface area contributed by atoms with Crippen LogP contribution < -0.4 is 0 Å². The van der Waals surface area contributed by atoms with E-state index in [-0.39, 0.29) is 13.2 Å². The zero-order valence-corrected chi connectivity index (χ0v) is 13.6. The van der Waals surface area contributed by atoms with Gasteiger partial charge in [-0.1, -0.05) is 12.1 Å². The van der Waals surface area contributed by atoms with Crippen molar-refractivity contribution in [2.24, 2.45) is 0 Å². The lowest BCUT2D eigenvalue weighted by molar-refractivity contribution is -0.763. The molecule has 12 heteroatoms. The molecule has 0 amide bonds. The van der Waals surface area contributed by atoms with Gasteiger partial charge in [0.15, 0.2) is 0 Å². The molecular weight excluding hydrogens is 360 g/mol. The summed E-state index contributed by atoms with van der Waals surface area (Å²) in [5, 5.41) is 19.9. The zero-order chi connectivity index (χ0) is 17.4. The largest absolute Gasteiger partial charge is 0.309 e. The van der Waals surface area contributed by atoms with Crippen molar-refractivity contribution in [1.82, 2.24) is 9.97 Å². The molecule has 0 unspecified atom stereocenters. The molecule has 0 spiro atoms. The van der Waals surface area contributed by atoms with Crippen LogP contribution in [0.1, 0.15) is 11.1 Å². The van der Waals surface area contributed by atoms with Crippen LogP contribution in [0.2, 0.25) is 0 Å². The van der Waals surface area contributed by atoms with Crippen molar-refractivity contribution in [1.29, 1.82) is 0 Å². The van der Waals surface area contributed by atoms with Crippen molar-refractivity contribution in [3.63, 3.8) is 0 Å². The van der Waals surface area contributed by atoms with Gasteiger partial charge in [0, 0.05) is 18.0 Å². The van der Waals surface area contributed by atoms with Gasteiger partial charge in [0.2, 0.25) is 0 Å². The third-order valence-electron chi connectivity index (χ3n) is 2.52. The third-order valence-corrected chi connectivity index (χ3v) is 4.77. The maximum atomic E-state index is 10.3. The summed E-state index contributed by atoms with van der Waals surface area (Å²) in [6, 6.07) is 6.70. The lowest BCUT2D eigenvalue weighted by Crippen LogP contribution is -2.02. The number of nitrogens with zero attached hydrogens (tertiary/aromatic N) is 4. The maximum absolute atomic E-state index is 10.3. The Hall–Kier alpha value is -2.60. The van der Waals surface area contributed by atoms with Gasteiger partial charge in [0.25, 0.3) is 10.2 Å². The first-order chi connectivity index (χ1) is 11.5. The lowest BCUT2D eigenvalue weighted by Gasteiger charge is -2.06. The fourth-order valence-electron chi connectivity index (χ4n) is 1.49. The minimum atomic E-state index is -0.867. The smallest absolute Gasteiger partial charge is 0.294 e. The van der Waals surface area contributed by atoms with Gasteiger partial charge in [-0.2, -0.15) is 0 Å². The van der Waals surface area contributed by atoms with Gasteiger partial charge in [0.1, 0.15) is 23.3 Å². The van der Waals surface area contributed by atoms with Gasteiger partial charge in [0.05, 0.1) is 0 Å². The van der Waals surface area contributed by atoms with Gasteiger partial charge >= 0.3 is 0 Å². The standard InChI is InChI=1S/C12H10N4O6S2/c17-15(18)21-7-9-3-4-11(14-6-9)23-24-12-10(2-1-5-13-12)8-22-16(19)20/h1-6H,7-8H2. The molecule has 0 bridgehead atoms. The molecule has 0 radical (unpaired) electrons. The van der Waals surface area contributed by atoms with E-state index in [1.807, 2.05) is 0 Å². The molecule has 0 aliphatic heterocycles. The monoisotopic (exact) mass is 370 g/mol. The fraction of sp³-hybridized carbons (Fsp3) is 0.167. The normalized spacial score (nSPS) is 10.2. The Morgan fingerprint density at radius 1 is 1.00 bits per heavy atom. The number of rotatable bonds is 9. The number of hydrogen-bond acceptors (Lipinski definition) is 10. The topological polar surface area (TPSA) is 131 Å². The van der Waals surface area contributed by atoms with Crippen LogP contribution in [0.5, 0.6) is 0 Å². The van der Waals surface area contributed by atoms with Crippen LogP contribution >= 0.6 is 21.6 Å². The molecule has 126 valence electrons. The highest BCUT2D eigenvalue weighted by atomic mass is 33.1. The van der Waals surface area contributed by atoms with E-state index in [9.17, 15) is 20.2 Å². The Kier molecular flexibility index (Phi) is 6.57. The molecule has 0 aliphatic rings. The first-order valence-electron chi connectivity index (χ1n) is 6.32. The fourth-order valence-corrected chi connectivity index (χ4v) is 3.45. The summed E-state index contributed by atoms with van der Waals surface area (Å²) in [5.41, 5.74) is 1.15. The van der Waals surface area contributed by atoms with Crippen LogP contribution in [0.3, 0.4) is 0 Å². The average molecular weight is 370 g/mol. The SMILES string of the molecule is O=[N+]([O-])OCc1ccc(SSc2ncccc2CO[N+](=O)[O-])nc1. The summed E-state index contributed by atoms with van der Waals surface area (Å²) < 4.78 is 0. The summed E-state index contributed by atoms with van der Waals surface area (Å²) in [6.45, 7) is -0.352. The Balaban J connectivity index is 1.93. The summed E-state index contributed by atoms with van der Waals surface area (Å²) in [6.07, 6.45) is 3.05. The van der Waals surface area contributed by atoms with Crippen LogP contribution in [0, 0.1) is 20.2 Å². The van der Waals surface area contributed by atoms with Crippen LogP contribution in [0.15, 0.2) is 46.7 Å². The summed E-state index contributed by atoms with van der Waals surface area (Å²) >= 11 is 0. The second-order valence-corrected chi connectivity index (χ2v) is 6.27. The van der Waals surface area contributed by atoms with Crippen molar-refractivity contribution < 1.29 is 19.8 Å². The van der Waals surface area contributed by atoms with Crippen LogP contribution in [-0.4, -0.2) is 20.1 Å². The Bertz CT molecular complexity index is 715. The van der Waals surface area contributed by atoms with Crippen molar-refractivity contribution in [2.75, 3.05) is 0 Å². The van der Waals surface area contributed by atoms with Gasteiger partial charge in [-0.25, -0.2) is 9.97 Å².